The highest BCUT2D eigenvalue weighted by Crippen LogP contribution is 2.22. The van der Waals surface area contributed by atoms with E-state index in [1.165, 1.54) is 24.3 Å². The van der Waals surface area contributed by atoms with Gasteiger partial charge in [0.15, 0.2) is 12.1 Å². The zero-order chi connectivity index (χ0) is 34.8. The molecule has 1 aromatic heterocycles. The number of hydrogen-bond acceptors (Lipinski definition) is 7. The number of hydrogen-bond donors (Lipinski definition) is 2. The van der Waals surface area contributed by atoms with E-state index in [4.69, 9.17) is 0 Å². The van der Waals surface area contributed by atoms with E-state index in [-0.39, 0.29) is 34.9 Å². The number of nitrogens with one attached hydrogen (secondary N) is 2. The molecule has 48 heavy (non-hydrogen) atoms. The van der Waals surface area contributed by atoms with Crippen molar-refractivity contribution in [2.45, 2.75) is 46.6 Å². The third kappa shape index (κ3) is 9.34. The fourth-order valence-corrected chi connectivity index (χ4v) is 5.75. The van der Waals surface area contributed by atoms with Crippen LogP contribution < -0.4 is 10.6 Å². The van der Waals surface area contributed by atoms with Crippen LogP contribution in [0, 0.1) is 11.7 Å². The lowest BCUT2D eigenvalue weighted by Crippen LogP contribution is -2.50. The number of likely N-dealkylation sites (N-methyl/N-ethyl adjacent to an activating group) is 1. The quantitative estimate of drug-likeness (QED) is 0.149. The number of piperazine rings is 1. The minimum absolute atomic E-state index is 0.0160. The standard InChI is InChI=1S/C37H45FN6O4/c1-25(2)34-32(40-24-44(34)15-7-14-42-16-18-43(19-17-42)37(48)26(3)4)22-31(23-45)41-36(47)33(39-5)21-27-8-6-9-29(20-27)35(46)28-10-12-30(38)13-11-28/h6,8-13,20-26,39H,7,14-19H2,1-5H3,(H,41,47)/b31-22-,33-21-. The highest BCUT2D eigenvalue weighted by molar-refractivity contribution is 6.09. The van der Waals surface area contributed by atoms with Crippen LogP contribution >= 0.6 is 0 Å². The van der Waals surface area contributed by atoms with Gasteiger partial charge in [-0.15, -0.1) is 0 Å². The first-order chi connectivity index (χ1) is 23.0. The van der Waals surface area contributed by atoms with Gasteiger partial charge in [0.05, 0.1) is 17.7 Å². The van der Waals surface area contributed by atoms with Crippen LogP contribution in [0.15, 0.2) is 66.3 Å². The van der Waals surface area contributed by atoms with E-state index in [1.807, 2.05) is 18.7 Å². The molecule has 0 aliphatic carbocycles. The molecule has 1 fully saturated rings. The first-order valence-electron chi connectivity index (χ1n) is 16.3. The molecule has 0 atom stereocenters. The maximum absolute atomic E-state index is 13.3. The van der Waals surface area contributed by atoms with Gasteiger partial charge in [0.2, 0.25) is 5.91 Å². The topological polar surface area (TPSA) is 117 Å². The van der Waals surface area contributed by atoms with Gasteiger partial charge >= 0.3 is 0 Å². The molecule has 2 N–H and O–H groups in total. The number of amides is 2. The van der Waals surface area contributed by atoms with Crippen molar-refractivity contribution >= 4 is 36.0 Å². The molecule has 0 saturated carbocycles. The molecule has 1 aliphatic rings. The molecule has 0 radical (unpaired) electrons. The lowest BCUT2D eigenvalue weighted by atomic mass is 10.0. The van der Waals surface area contributed by atoms with E-state index in [2.05, 4.69) is 38.9 Å². The van der Waals surface area contributed by atoms with Crippen LogP contribution in [0.1, 0.15) is 72.9 Å². The Balaban J connectivity index is 1.41. The third-order valence-corrected chi connectivity index (χ3v) is 8.26. The van der Waals surface area contributed by atoms with Crippen molar-refractivity contribution in [1.29, 1.82) is 0 Å². The van der Waals surface area contributed by atoms with Crippen LogP contribution in [-0.2, 0) is 20.9 Å². The van der Waals surface area contributed by atoms with Crippen LogP contribution in [0.5, 0.6) is 0 Å². The summed E-state index contributed by atoms with van der Waals surface area (Å²) < 4.78 is 15.4. The molecule has 1 aliphatic heterocycles. The van der Waals surface area contributed by atoms with Crippen molar-refractivity contribution in [3.05, 3.63) is 100 Å². The molecular weight excluding hydrogens is 611 g/mol. The van der Waals surface area contributed by atoms with Crippen molar-refractivity contribution < 1.29 is 23.6 Å². The zero-order valence-electron chi connectivity index (χ0n) is 28.3. The number of imidazole rings is 1. The van der Waals surface area contributed by atoms with Gasteiger partial charge < -0.3 is 20.1 Å². The number of allylic oxidation sites excluding steroid dienone is 1. The smallest absolute Gasteiger partial charge is 0.271 e. The Morgan fingerprint density at radius 1 is 0.938 bits per heavy atom. The molecule has 2 heterocycles. The summed E-state index contributed by atoms with van der Waals surface area (Å²) in [7, 11) is 1.59. The van der Waals surface area contributed by atoms with E-state index in [1.54, 1.807) is 49.8 Å². The molecule has 0 bridgehead atoms. The Morgan fingerprint density at radius 3 is 2.27 bits per heavy atom. The van der Waals surface area contributed by atoms with Crippen LogP contribution in [0.2, 0.25) is 0 Å². The van der Waals surface area contributed by atoms with E-state index >= 15 is 0 Å². The third-order valence-electron chi connectivity index (χ3n) is 8.26. The average Bonchev–Trinajstić information content (AvgIpc) is 3.49. The molecule has 2 amide bonds. The van der Waals surface area contributed by atoms with Gasteiger partial charge in [-0.05, 0) is 66.9 Å². The summed E-state index contributed by atoms with van der Waals surface area (Å²) in [6.45, 7) is 12.9. The first-order valence-corrected chi connectivity index (χ1v) is 16.3. The molecule has 254 valence electrons. The predicted molar refractivity (Wildman–Crippen MR) is 184 cm³/mol. The van der Waals surface area contributed by atoms with Gasteiger partial charge in [-0.1, -0.05) is 45.9 Å². The van der Waals surface area contributed by atoms with Crippen molar-refractivity contribution in [3.8, 4) is 0 Å². The Labute approximate surface area is 281 Å². The SMILES string of the molecule is CN/C(=C\c1cccc(C(=O)c2ccc(F)cc2)c1)C(=O)N/C(C=O)=C\c1ncn(CCCN2CCN(C(=O)C(C)C)CC2)c1C(C)C. The van der Waals surface area contributed by atoms with E-state index in [9.17, 15) is 23.6 Å². The van der Waals surface area contributed by atoms with E-state index < -0.39 is 11.7 Å². The lowest BCUT2D eigenvalue weighted by molar-refractivity contribution is -0.136. The Morgan fingerprint density at radius 2 is 1.65 bits per heavy atom. The van der Waals surface area contributed by atoms with Crippen LogP contribution in [0.25, 0.3) is 12.2 Å². The van der Waals surface area contributed by atoms with Crippen molar-refractivity contribution in [3.63, 3.8) is 0 Å². The number of aryl methyl sites for hydroxylation is 1. The summed E-state index contributed by atoms with van der Waals surface area (Å²) in [5.41, 5.74) is 3.13. The predicted octanol–water partition coefficient (Wildman–Crippen LogP) is 4.48. The van der Waals surface area contributed by atoms with Crippen molar-refractivity contribution in [2.24, 2.45) is 5.92 Å². The fraction of sp³-hybridized carbons (Fsp3) is 0.378. The summed E-state index contributed by atoms with van der Waals surface area (Å²) in [5, 5.41) is 5.54. The van der Waals surface area contributed by atoms with Gasteiger partial charge in [-0.2, -0.15) is 0 Å². The number of carbonyl (C=O) groups is 4. The van der Waals surface area contributed by atoms with E-state index in [0.717, 1.165) is 51.4 Å². The maximum Gasteiger partial charge on any atom is 0.271 e. The summed E-state index contributed by atoms with van der Waals surface area (Å²) in [6, 6.07) is 12.1. The van der Waals surface area contributed by atoms with Gasteiger partial charge in [-0.25, -0.2) is 9.37 Å². The Bertz CT molecular complexity index is 1670. The molecule has 3 aromatic rings. The second-order valence-corrected chi connectivity index (χ2v) is 12.5. The molecule has 10 nitrogen and oxygen atoms in total. The molecule has 1 saturated heterocycles. The average molecular weight is 657 g/mol. The number of rotatable bonds is 14. The molecular formula is C37H45FN6O4. The number of aromatic nitrogens is 2. The minimum atomic E-state index is -0.535. The molecule has 11 heteroatoms. The maximum atomic E-state index is 13.3. The van der Waals surface area contributed by atoms with Crippen LogP contribution in [-0.4, -0.2) is 83.0 Å². The number of ketones is 1. The highest BCUT2D eigenvalue weighted by Gasteiger charge is 2.23. The number of halogens is 1. The van der Waals surface area contributed by atoms with Crippen molar-refractivity contribution in [1.82, 2.24) is 30.0 Å². The summed E-state index contributed by atoms with van der Waals surface area (Å²) in [6.07, 6.45) is 6.41. The van der Waals surface area contributed by atoms with Crippen LogP contribution in [0.3, 0.4) is 0 Å². The summed E-state index contributed by atoms with van der Waals surface area (Å²) >= 11 is 0. The molecule has 2 aromatic carbocycles. The highest BCUT2D eigenvalue weighted by atomic mass is 19.1. The molecule has 0 unspecified atom stereocenters. The number of aldehydes is 1. The van der Waals surface area contributed by atoms with Gasteiger partial charge in [0.25, 0.3) is 5.91 Å². The molecule has 4 rings (SSSR count). The van der Waals surface area contributed by atoms with Gasteiger partial charge in [-0.3, -0.25) is 24.1 Å². The van der Waals surface area contributed by atoms with Gasteiger partial charge in [0.1, 0.15) is 11.5 Å². The number of nitrogens with zero attached hydrogens (tertiary/aromatic N) is 4. The van der Waals surface area contributed by atoms with Crippen molar-refractivity contribution in [2.75, 3.05) is 39.8 Å². The largest absolute Gasteiger partial charge is 0.384 e. The van der Waals surface area contributed by atoms with Crippen LogP contribution in [0.4, 0.5) is 4.39 Å². The zero-order valence-corrected chi connectivity index (χ0v) is 28.3. The van der Waals surface area contributed by atoms with E-state index in [0.29, 0.717) is 28.7 Å². The second kappa shape index (κ2) is 16.8. The fourth-order valence-electron chi connectivity index (χ4n) is 5.75. The number of carbonyl (C=O) groups excluding carboxylic acids is 4. The normalized spacial score (nSPS) is 14.4. The summed E-state index contributed by atoms with van der Waals surface area (Å²) in [5.74, 6) is -0.893. The Hall–Kier alpha value is -4.90. The molecule has 0 spiro atoms. The minimum Gasteiger partial charge on any atom is -0.384 e. The monoisotopic (exact) mass is 656 g/mol. The lowest BCUT2D eigenvalue weighted by Gasteiger charge is -2.35. The Kier molecular flexibility index (Phi) is 12.6. The first kappa shape index (κ1) is 35.9. The number of benzene rings is 2. The summed E-state index contributed by atoms with van der Waals surface area (Å²) in [4.78, 5) is 59.4. The van der Waals surface area contributed by atoms with Gasteiger partial charge in [0, 0.05) is 62.5 Å². The second-order valence-electron chi connectivity index (χ2n) is 12.5.